The van der Waals surface area contributed by atoms with Crippen molar-refractivity contribution in [1.29, 1.82) is 0 Å². The fraction of sp³-hybridized carbons (Fsp3) is 0.949. The smallest absolute Gasteiger partial charge is 0.311 e. The van der Waals surface area contributed by atoms with E-state index in [9.17, 15) is 24.9 Å². The van der Waals surface area contributed by atoms with Crippen LogP contribution in [0.5, 0.6) is 0 Å². The summed E-state index contributed by atoms with van der Waals surface area (Å²) in [6.45, 7) is 17.7. The summed E-state index contributed by atoms with van der Waals surface area (Å²) in [7, 11) is 8.26. The van der Waals surface area contributed by atoms with Crippen molar-refractivity contribution in [1.82, 2.24) is 4.90 Å². The molecular formula is C39H71NO13. The third kappa shape index (κ3) is 9.81. The molecule has 3 aliphatic heterocycles. The molecule has 6 unspecified atom stereocenters. The van der Waals surface area contributed by atoms with E-state index in [0.29, 0.717) is 6.42 Å². The number of carbonyl (C=O) groups excluding carboxylic acids is 2. The second-order valence-corrected chi connectivity index (χ2v) is 16.8. The quantitative estimate of drug-likeness (QED) is 0.293. The molecule has 3 aliphatic rings. The van der Waals surface area contributed by atoms with Crippen LogP contribution in [0.25, 0.3) is 0 Å². The van der Waals surface area contributed by atoms with Crippen molar-refractivity contribution in [2.24, 2.45) is 23.7 Å². The molecule has 14 heteroatoms. The van der Waals surface area contributed by atoms with Gasteiger partial charge in [0, 0.05) is 51.5 Å². The molecule has 18 atom stereocenters. The van der Waals surface area contributed by atoms with Crippen molar-refractivity contribution in [3.63, 3.8) is 0 Å². The van der Waals surface area contributed by atoms with Crippen LogP contribution in [-0.2, 0) is 47.5 Å². The first kappa shape index (κ1) is 46.1. The summed E-state index contributed by atoms with van der Waals surface area (Å²) in [5, 5.41) is 34.5. The van der Waals surface area contributed by atoms with E-state index < -0.39 is 102 Å². The number of ketones is 1. The van der Waals surface area contributed by atoms with Crippen LogP contribution in [0.3, 0.4) is 0 Å². The first-order chi connectivity index (χ1) is 24.5. The molecule has 3 heterocycles. The molecule has 0 aromatic rings. The monoisotopic (exact) mass is 761 g/mol. The summed E-state index contributed by atoms with van der Waals surface area (Å²) in [4.78, 5) is 30.5. The molecule has 0 aliphatic carbocycles. The van der Waals surface area contributed by atoms with E-state index in [0.717, 1.165) is 0 Å². The van der Waals surface area contributed by atoms with Crippen molar-refractivity contribution in [3.05, 3.63) is 0 Å². The minimum atomic E-state index is -1.73. The molecule has 53 heavy (non-hydrogen) atoms. The van der Waals surface area contributed by atoms with E-state index in [1.165, 1.54) is 28.3 Å². The first-order valence-corrected chi connectivity index (χ1v) is 19.3. The highest BCUT2D eigenvalue weighted by Crippen LogP contribution is 2.42. The molecule has 0 bridgehead atoms. The van der Waals surface area contributed by atoms with E-state index in [1.54, 1.807) is 34.6 Å². The van der Waals surface area contributed by atoms with Gasteiger partial charge in [0.05, 0.1) is 47.6 Å². The van der Waals surface area contributed by atoms with Gasteiger partial charge in [0.25, 0.3) is 0 Å². The molecule has 14 nitrogen and oxygen atoms in total. The zero-order chi connectivity index (χ0) is 40.4. The van der Waals surface area contributed by atoms with Crippen LogP contribution < -0.4 is 0 Å². The molecular weight excluding hydrogens is 690 g/mol. The van der Waals surface area contributed by atoms with Crippen molar-refractivity contribution in [3.8, 4) is 0 Å². The van der Waals surface area contributed by atoms with E-state index in [2.05, 4.69) is 0 Å². The molecule has 0 aromatic heterocycles. The summed E-state index contributed by atoms with van der Waals surface area (Å²) in [5.41, 5.74) is -3.96. The molecule has 0 radical (unpaired) electrons. The Bertz CT molecular complexity index is 1200. The number of hydrogen-bond donors (Lipinski definition) is 3. The molecule has 0 spiro atoms. The number of esters is 1. The Morgan fingerprint density at radius 1 is 0.849 bits per heavy atom. The predicted molar refractivity (Wildman–Crippen MR) is 196 cm³/mol. The lowest BCUT2D eigenvalue weighted by Gasteiger charge is -2.50. The van der Waals surface area contributed by atoms with Gasteiger partial charge in [-0.05, 0) is 74.9 Å². The molecule has 3 N–H and O–H groups in total. The summed E-state index contributed by atoms with van der Waals surface area (Å²) in [6, 6.07) is -0.270. The Hall–Kier alpha value is -1.30. The van der Waals surface area contributed by atoms with Crippen LogP contribution in [0.2, 0.25) is 0 Å². The maximum Gasteiger partial charge on any atom is 0.311 e. The van der Waals surface area contributed by atoms with Gasteiger partial charge in [0.2, 0.25) is 0 Å². The zero-order valence-corrected chi connectivity index (χ0v) is 34.9. The highest BCUT2D eigenvalue weighted by molar-refractivity contribution is 5.83. The largest absolute Gasteiger partial charge is 0.459 e. The second kappa shape index (κ2) is 18.3. The van der Waals surface area contributed by atoms with Crippen molar-refractivity contribution in [2.45, 2.75) is 179 Å². The van der Waals surface area contributed by atoms with Crippen molar-refractivity contribution < 1.29 is 62.8 Å². The average Bonchev–Trinajstić information content (AvgIpc) is 3.10. The lowest BCUT2D eigenvalue weighted by Crippen LogP contribution is -2.61. The van der Waals surface area contributed by atoms with Gasteiger partial charge < -0.3 is 58.1 Å². The third-order valence-electron chi connectivity index (χ3n) is 12.5. The van der Waals surface area contributed by atoms with Gasteiger partial charge in [-0.25, -0.2) is 0 Å². The number of carbonyl (C=O) groups is 2. The number of cyclic esters (lactones) is 1. The minimum absolute atomic E-state index is 0.144. The van der Waals surface area contributed by atoms with Crippen LogP contribution in [0.1, 0.15) is 94.9 Å². The van der Waals surface area contributed by atoms with E-state index in [-0.39, 0.29) is 37.2 Å². The summed E-state index contributed by atoms with van der Waals surface area (Å²) in [6.07, 6.45) is -7.72. The van der Waals surface area contributed by atoms with E-state index in [4.69, 9.17) is 37.9 Å². The maximum atomic E-state index is 14.3. The number of Topliss-reactive ketones (excluding diaryl/α,β-unsaturated/α-hetero) is 1. The summed E-state index contributed by atoms with van der Waals surface area (Å²) in [5.74, 6) is -3.88. The number of likely N-dealkylation sites (N-methyl/N-ethyl adjacent to an activating group) is 1. The molecule has 3 rings (SSSR count). The fourth-order valence-electron chi connectivity index (χ4n) is 9.01. The summed E-state index contributed by atoms with van der Waals surface area (Å²) < 4.78 is 50.0. The Labute approximate surface area is 317 Å². The fourth-order valence-corrected chi connectivity index (χ4v) is 9.01. The third-order valence-corrected chi connectivity index (χ3v) is 12.5. The molecule has 0 saturated carbocycles. The molecule has 0 amide bonds. The molecule has 3 saturated heterocycles. The Morgan fingerprint density at radius 2 is 1.45 bits per heavy atom. The highest BCUT2D eigenvalue weighted by Gasteiger charge is 2.54. The van der Waals surface area contributed by atoms with Gasteiger partial charge in [-0.15, -0.1) is 0 Å². The van der Waals surface area contributed by atoms with Crippen LogP contribution in [-0.4, -0.2) is 152 Å². The van der Waals surface area contributed by atoms with E-state index >= 15 is 0 Å². The number of aliphatic hydroxyl groups is 3. The number of aliphatic hydroxyl groups excluding tert-OH is 2. The SMILES string of the molecule is CC[C@@H]1OC(=O)[C@H](C)[C@H](O[C@H]2CC(C)(OC)[C@@H](O)C(C)O2)[C@@H](C)[C@H](O[C@@H]2OC(C)CC(N(C)C)C2O)[C@](C)(OC)C[C@H](C)C(=O)[C@H](C)[C@@H](OC)C1(C)O. The molecule has 3 fully saturated rings. The Kier molecular flexibility index (Phi) is 15.9. The number of rotatable bonds is 9. The van der Waals surface area contributed by atoms with Crippen LogP contribution in [0.4, 0.5) is 0 Å². The maximum absolute atomic E-state index is 14.3. The zero-order valence-electron chi connectivity index (χ0n) is 34.9. The number of nitrogens with zero attached hydrogens (tertiary/aromatic N) is 1. The lowest BCUT2D eigenvalue weighted by molar-refractivity contribution is -0.319. The topological polar surface area (TPSA) is 172 Å². The van der Waals surface area contributed by atoms with Crippen LogP contribution in [0, 0.1) is 23.7 Å². The van der Waals surface area contributed by atoms with E-state index in [1.807, 2.05) is 46.7 Å². The summed E-state index contributed by atoms with van der Waals surface area (Å²) >= 11 is 0. The van der Waals surface area contributed by atoms with Gasteiger partial charge in [-0.3, -0.25) is 9.59 Å². The number of hydrogen-bond acceptors (Lipinski definition) is 14. The van der Waals surface area contributed by atoms with Gasteiger partial charge in [-0.2, -0.15) is 0 Å². The molecule has 310 valence electrons. The number of methoxy groups -OCH3 is 3. The minimum Gasteiger partial charge on any atom is -0.459 e. The van der Waals surface area contributed by atoms with Gasteiger partial charge in [-0.1, -0.05) is 27.7 Å². The predicted octanol–water partition coefficient (Wildman–Crippen LogP) is 3.09. The van der Waals surface area contributed by atoms with Gasteiger partial charge >= 0.3 is 5.97 Å². The second-order valence-electron chi connectivity index (χ2n) is 16.8. The average molecular weight is 762 g/mol. The van der Waals surface area contributed by atoms with Crippen molar-refractivity contribution in [2.75, 3.05) is 35.4 Å². The van der Waals surface area contributed by atoms with Gasteiger partial charge in [0.1, 0.15) is 29.7 Å². The van der Waals surface area contributed by atoms with Crippen LogP contribution >= 0.6 is 0 Å². The lowest BCUT2D eigenvalue weighted by atomic mass is 9.73. The van der Waals surface area contributed by atoms with Gasteiger partial charge in [0.15, 0.2) is 12.6 Å². The highest BCUT2D eigenvalue weighted by atomic mass is 16.7. The Morgan fingerprint density at radius 3 is 1.98 bits per heavy atom. The first-order valence-electron chi connectivity index (χ1n) is 19.3. The van der Waals surface area contributed by atoms with Crippen molar-refractivity contribution >= 4 is 11.8 Å². The Balaban J connectivity index is 2.24. The number of ether oxygens (including phenoxy) is 8. The van der Waals surface area contributed by atoms with Crippen LogP contribution in [0.15, 0.2) is 0 Å². The molecule has 0 aromatic carbocycles. The standard InChI is InChI=1S/C39H71NO13/c1-16-27-39(10,45)34(46-13)22(4)29(41)20(2)18-38(9,48-15)33(53-36-30(42)26(40(11)12)17-21(3)49-36)23(5)31(24(6)35(44)51-27)52-28-19-37(8,47-14)32(43)25(7)50-28/h20-28,30-34,36,42-43,45H,16-19H2,1-15H3/t20-,21?,22-,23+,24+,25?,26?,27-,28-,30?,31+,32-,33-,34+,36-,37?,38+,39?/m0/s1. The normalized spacial score (nSPS) is 48.3.